The summed E-state index contributed by atoms with van der Waals surface area (Å²) in [5, 5.41) is 1.08. The van der Waals surface area contributed by atoms with Crippen molar-refractivity contribution in [3.05, 3.63) is 89.0 Å². The number of benzene rings is 2. The van der Waals surface area contributed by atoms with Gasteiger partial charge >= 0.3 is 41.9 Å². The zero-order valence-corrected chi connectivity index (χ0v) is 24.3. The van der Waals surface area contributed by atoms with E-state index < -0.39 is 11.6 Å². The molecule has 0 amide bonds. The molecule has 32 heavy (non-hydrogen) atoms. The quantitative estimate of drug-likeness (QED) is 0.312. The van der Waals surface area contributed by atoms with Gasteiger partial charge in [-0.3, -0.25) is 6.08 Å². The molecule has 0 fully saturated rings. The summed E-state index contributed by atoms with van der Waals surface area (Å²) in [5.74, 6) is -0.492. The molecule has 0 radical (unpaired) electrons. The van der Waals surface area contributed by atoms with Gasteiger partial charge in [0.15, 0.2) is 0 Å². The number of hydrogen-bond acceptors (Lipinski definition) is 0. The monoisotopic (exact) mass is 566 g/mol. The van der Waals surface area contributed by atoms with Gasteiger partial charge in [-0.2, -0.15) is 11.1 Å². The molecule has 0 bridgehead atoms. The molecule has 1 aliphatic rings. The third-order valence-corrected chi connectivity index (χ3v) is 5.11. The van der Waals surface area contributed by atoms with Crippen LogP contribution in [-0.2, 0) is 23.3 Å². The van der Waals surface area contributed by atoms with Gasteiger partial charge in [-0.05, 0) is 6.07 Å². The first-order valence-corrected chi connectivity index (χ1v) is 16.2. The Morgan fingerprint density at radius 3 is 2.00 bits per heavy atom. The van der Waals surface area contributed by atoms with Crippen molar-refractivity contribution < 1.29 is 56.9 Å². The molecule has 1 atom stereocenters. The smallest absolute Gasteiger partial charge is 0.0844 e. The van der Waals surface area contributed by atoms with Gasteiger partial charge in [-0.1, -0.05) is 74.0 Å². The van der Waals surface area contributed by atoms with Crippen molar-refractivity contribution in [2.45, 2.75) is 40.8 Å². The van der Waals surface area contributed by atoms with Crippen LogP contribution in [0.25, 0.3) is 21.9 Å². The third-order valence-electron chi connectivity index (χ3n) is 5.11. The van der Waals surface area contributed by atoms with E-state index in [0.29, 0.717) is 16.7 Å². The molecule has 1 aliphatic carbocycles. The van der Waals surface area contributed by atoms with Crippen molar-refractivity contribution in [1.29, 1.82) is 0 Å². The van der Waals surface area contributed by atoms with Crippen LogP contribution in [0, 0.1) is 23.6 Å². The van der Waals surface area contributed by atoms with E-state index in [-0.39, 0.29) is 30.2 Å². The third kappa shape index (κ3) is 8.45. The Hall–Kier alpha value is -0.930. The molecule has 1 unspecified atom stereocenters. The number of halogens is 4. The Bertz CT molecular complexity index is 1100. The molecule has 0 spiro atoms. The predicted molar refractivity (Wildman–Crippen MR) is 122 cm³/mol. The van der Waals surface area contributed by atoms with Crippen molar-refractivity contribution in [3.63, 3.8) is 0 Å². The summed E-state index contributed by atoms with van der Waals surface area (Å²) in [6.07, 6.45) is 3.36. The molecule has 4 rings (SSSR count). The summed E-state index contributed by atoms with van der Waals surface area (Å²) >= 11 is 1.74. The van der Waals surface area contributed by atoms with E-state index in [1.54, 1.807) is 29.4 Å². The van der Waals surface area contributed by atoms with Crippen LogP contribution < -0.4 is 24.8 Å². The fourth-order valence-electron chi connectivity index (χ4n) is 3.29. The van der Waals surface area contributed by atoms with Crippen molar-refractivity contribution in [2.24, 2.45) is 5.92 Å². The van der Waals surface area contributed by atoms with Gasteiger partial charge in [0.25, 0.3) is 0 Å². The van der Waals surface area contributed by atoms with E-state index >= 15 is 0 Å². The second kappa shape index (κ2) is 14.4. The summed E-state index contributed by atoms with van der Waals surface area (Å²) in [6.45, 7) is 13.3. The zero-order valence-electron chi connectivity index (χ0n) is 19.3. The van der Waals surface area contributed by atoms with E-state index in [9.17, 15) is 8.78 Å². The average Bonchev–Trinajstić information content (AvgIpc) is 3.20. The molecule has 0 aromatic heterocycles. The van der Waals surface area contributed by atoms with Gasteiger partial charge in [0.05, 0.1) is 11.6 Å². The average molecular weight is 569 g/mol. The van der Waals surface area contributed by atoms with Gasteiger partial charge in [0.2, 0.25) is 0 Å². The number of fused-ring (bicyclic) bond motifs is 1. The van der Waals surface area contributed by atoms with Crippen molar-refractivity contribution >= 4 is 16.2 Å². The molecule has 0 saturated carbocycles. The second-order valence-electron chi connectivity index (χ2n) is 7.76. The van der Waals surface area contributed by atoms with Crippen LogP contribution in [0.1, 0.15) is 27.7 Å². The molecule has 0 nitrogen and oxygen atoms in total. The largest absolute Gasteiger partial charge is 1.00 e. The van der Waals surface area contributed by atoms with Crippen molar-refractivity contribution in [1.82, 2.24) is 0 Å². The maximum Gasteiger partial charge on any atom is 0.0844 e. The standard InChI is InChI=1S/C15H9F2.C9H13.C2H6Si.2ClH.Zr/c16-12-8-11-6-7-13(15(11)14(17)9-12)10-4-2-1-3-5-10;1-6-5-7(2)9(4)8(6)3;1-3-2;;;/h1-9H;6H,1-4H3;1-2H3;2*1H;/q2*-1;;;;+2/p-2. The molecule has 0 saturated heterocycles. The topological polar surface area (TPSA) is 0 Å². The van der Waals surface area contributed by atoms with E-state index in [1.807, 2.05) is 36.4 Å². The van der Waals surface area contributed by atoms with Crippen LogP contribution in [0.15, 0.2) is 71.3 Å². The van der Waals surface area contributed by atoms with Gasteiger partial charge < -0.3 is 24.8 Å². The van der Waals surface area contributed by atoms with Crippen LogP contribution in [0.3, 0.4) is 0 Å². The Kier molecular flexibility index (Phi) is 13.9. The van der Waals surface area contributed by atoms with Gasteiger partial charge in [-0.15, -0.1) is 30.0 Å². The predicted octanol–water partition coefficient (Wildman–Crippen LogP) is 2.02. The molecular weight excluding hydrogens is 540 g/mol. The fourth-order valence-corrected chi connectivity index (χ4v) is 3.29. The summed E-state index contributed by atoms with van der Waals surface area (Å²) in [4.78, 5) is 0. The maximum absolute atomic E-state index is 13.8. The Labute approximate surface area is 218 Å². The number of hydrogen-bond donors (Lipinski definition) is 0. The zero-order chi connectivity index (χ0) is 22.4. The second-order valence-corrected chi connectivity index (χ2v) is 17.1. The van der Waals surface area contributed by atoms with Crippen molar-refractivity contribution in [2.75, 3.05) is 0 Å². The Balaban J connectivity index is 0.000000547. The van der Waals surface area contributed by atoms with E-state index in [1.165, 1.54) is 22.8 Å². The Morgan fingerprint density at radius 2 is 1.56 bits per heavy atom. The minimum atomic E-state index is -0.541. The molecule has 3 aromatic carbocycles. The van der Waals surface area contributed by atoms with E-state index in [4.69, 9.17) is 0 Å². The normalized spacial score (nSPS) is 14.3. The first-order valence-electron chi connectivity index (χ1n) is 10.0. The maximum atomic E-state index is 13.8. The first kappa shape index (κ1) is 31.1. The van der Waals surface area contributed by atoms with Gasteiger partial charge in [-0.25, -0.2) is 14.4 Å². The van der Waals surface area contributed by atoms with Gasteiger partial charge in [0.1, 0.15) is 0 Å². The molecule has 0 aliphatic heterocycles. The number of allylic oxidation sites excluding steroid dienone is 4. The molecule has 6 heteroatoms. The summed E-state index contributed by atoms with van der Waals surface area (Å²) in [7, 11) is 0. The number of rotatable bonds is 1. The SMILES string of the molecule is CC1=[C-]C(C)C(C)=C1C.C[Si](C)=[Zr+2].Fc1cc(F)c2c(-c3ccccc3)c[cH-]c2c1.[Cl-].[Cl-]. The molecule has 170 valence electrons. The van der Waals surface area contributed by atoms with Crippen LogP contribution in [0.5, 0.6) is 0 Å². The molecule has 0 N–H and O–H groups in total. The summed E-state index contributed by atoms with van der Waals surface area (Å²) in [5.41, 5.74) is 6.20. The molecule has 3 aromatic rings. The van der Waals surface area contributed by atoms with E-state index in [0.717, 1.165) is 17.2 Å². The van der Waals surface area contributed by atoms with Crippen LogP contribution in [0.4, 0.5) is 8.78 Å². The molecular formula is C26H28Cl2F2SiZr-2. The van der Waals surface area contributed by atoms with Crippen LogP contribution in [-0.4, -0.2) is 5.43 Å². The minimum absolute atomic E-state index is 0. The van der Waals surface area contributed by atoms with Crippen LogP contribution >= 0.6 is 0 Å². The Morgan fingerprint density at radius 1 is 1.00 bits per heavy atom. The van der Waals surface area contributed by atoms with Crippen LogP contribution in [0.2, 0.25) is 13.1 Å². The summed E-state index contributed by atoms with van der Waals surface area (Å²) < 4.78 is 26.9. The fraction of sp³-hybridized carbons (Fsp3) is 0.269. The van der Waals surface area contributed by atoms with Crippen molar-refractivity contribution in [3.8, 4) is 11.1 Å². The first-order chi connectivity index (χ1) is 14.1. The van der Waals surface area contributed by atoms with E-state index in [2.05, 4.69) is 46.9 Å². The minimum Gasteiger partial charge on any atom is -1.00 e. The van der Waals surface area contributed by atoms with Gasteiger partial charge in [0, 0.05) is 0 Å². The summed E-state index contributed by atoms with van der Waals surface area (Å²) in [6, 6.07) is 15.4. The molecule has 0 heterocycles.